The van der Waals surface area contributed by atoms with Gasteiger partial charge in [0.25, 0.3) is 0 Å². The summed E-state index contributed by atoms with van der Waals surface area (Å²) in [5.74, 6) is 1.44. The summed E-state index contributed by atoms with van der Waals surface area (Å²) in [7, 11) is 0. The van der Waals surface area contributed by atoms with Gasteiger partial charge in [-0.15, -0.1) is 0 Å². The molecule has 0 amide bonds. The van der Waals surface area contributed by atoms with Crippen LogP contribution in [0, 0.1) is 0 Å². The zero-order valence-electron chi connectivity index (χ0n) is 11.6. The molecule has 0 aromatic heterocycles. The van der Waals surface area contributed by atoms with Crippen molar-refractivity contribution in [3.8, 4) is 5.75 Å². The number of hydrogen-bond donors (Lipinski definition) is 1. The van der Waals surface area contributed by atoms with Crippen LogP contribution in [0.4, 0.5) is 0 Å². The van der Waals surface area contributed by atoms with Crippen LogP contribution in [0.25, 0.3) is 0 Å². The second-order valence-electron chi connectivity index (χ2n) is 5.57. The monoisotopic (exact) mass is 275 g/mol. The molecule has 0 radical (unpaired) electrons. The molecule has 1 N–H and O–H groups in total. The number of oxime groups is 1. The zero-order chi connectivity index (χ0) is 13.8. The highest BCUT2D eigenvalue weighted by Gasteiger charge is 2.24. The third kappa shape index (κ3) is 2.96. The summed E-state index contributed by atoms with van der Waals surface area (Å²) >= 11 is 0. The van der Waals surface area contributed by atoms with E-state index in [9.17, 15) is 0 Å². The van der Waals surface area contributed by atoms with Crippen LogP contribution in [-0.2, 0) is 4.74 Å². The van der Waals surface area contributed by atoms with E-state index in [-0.39, 0.29) is 0 Å². The van der Waals surface area contributed by atoms with E-state index >= 15 is 0 Å². The predicted octanol–water partition coefficient (Wildman–Crippen LogP) is 3.34. The fourth-order valence-electron chi connectivity index (χ4n) is 3.03. The third-order valence-corrected chi connectivity index (χ3v) is 4.27. The van der Waals surface area contributed by atoms with Crippen LogP contribution in [0.1, 0.15) is 43.6 Å². The van der Waals surface area contributed by atoms with Crippen molar-refractivity contribution in [1.82, 2.24) is 0 Å². The van der Waals surface area contributed by atoms with E-state index in [0.29, 0.717) is 12.0 Å². The first-order valence-corrected chi connectivity index (χ1v) is 7.40. The largest absolute Gasteiger partial charge is 0.493 e. The molecule has 4 nitrogen and oxygen atoms in total. The fraction of sp³-hybridized carbons (Fsp3) is 0.562. The Morgan fingerprint density at radius 1 is 1.20 bits per heavy atom. The summed E-state index contributed by atoms with van der Waals surface area (Å²) in [6, 6.07) is 8.25. The Bertz CT molecular complexity index is 476. The molecule has 108 valence electrons. The zero-order valence-corrected chi connectivity index (χ0v) is 11.6. The van der Waals surface area contributed by atoms with Crippen molar-refractivity contribution in [3.05, 3.63) is 29.8 Å². The van der Waals surface area contributed by atoms with Gasteiger partial charge in [0.05, 0.1) is 25.0 Å². The molecular weight excluding hydrogens is 254 g/mol. The minimum absolute atomic E-state index is 0.301. The third-order valence-electron chi connectivity index (χ3n) is 4.27. The standard InChI is InChI=1S/C16H21NO3/c18-17-13-5-7-14(8-6-13)20-11-12-9-10-19-16-4-2-1-3-15(12)16/h1-4,12,14,18H,5-11H2. The van der Waals surface area contributed by atoms with Gasteiger partial charge in [-0.1, -0.05) is 23.4 Å². The highest BCUT2D eigenvalue weighted by atomic mass is 16.5. The average molecular weight is 275 g/mol. The Morgan fingerprint density at radius 2 is 2.00 bits per heavy atom. The average Bonchev–Trinajstić information content (AvgIpc) is 2.53. The van der Waals surface area contributed by atoms with Crippen molar-refractivity contribution in [2.45, 2.75) is 44.1 Å². The highest BCUT2D eigenvalue weighted by molar-refractivity contribution is 5.84. The molecule has 1 fully saturated rings. The lowest BCUT2D eigenvalue weighted by atomic mass is 9.93. The molecule has 1 aliphatic heterocycles. The number of benzene rings is 1. The van der Waals surface area contributed by atoms with Crippen LogP contribution in [0.15, 0.2) is 29.4 Å². The molecular formula is C16H21NO3. The van der Waals surface area contributed by atoms with E-state index in [0.717, 1.165) is 56.8 Å². The summed E-state index contributed by atoms with van der Waals surface area (Å²) in [5.41, 5.74) is 2.17. The minimum Gasteiger partial charge on any atom is -0.493 e. The Morgan fingerprint density at radius 3 is 2.80 bits per heavy atom. The van der Waals surface area contributed by atoms with Gasteiger partial charge in [-0.05, 0) is 43.7 Å². The summed E-state index contributed by atoms with van der Waals surface area (Å²) in [4.78, 5) is 0. The number of ether oxygens (including phenoxy) is 2. The number of hydrogen-bond acceptors (Lipinski definition) is 4. The van der Waals surface area contributed by atoms with Gasteiger partial charge in [0.1, 0.15) is 5.75 Å². The first kappa shape index (κ1) is 13.4. The van der Waals surface area contributed by atoms with Crippen molar-refractivity contribution in [2.24, 2.45) is 5.16 Å². The van der Waals surface area contributed by atoms with Gasteiger partial charge in [-0.2, -0.15) is 0 Å². The van der Waals surface area contributed by atoms with Crippen molar-refractivity contribution in [3.63, 3.8) is 0 Å². The van der Waals surface area contributed by atoms with Crippen molar-refractivity contribution >= 4 is 5.71 Å². The second-order valence-corrected chi connectivity index (χ2v) is 5.57. The normalized spacial score (nSPS) is 25.7. The lowest BCUT2D eigenvalue weighted by molar-refractivity contribution is 0.0247. The first-order valence-electron chi connectivity index (χ1n) is 7.40. The van der Waals surface area contributed by atoms with Crippen LogP contribution in [0.2, 0.25) is 0 Å². The van der Waals surface area contributed by atoms with E-state index in [4.69, 9.17) is 14.7 Å². The van der Waals surface area contributed by atoms with Gasteiger partial charge in [0.15, 0.2) is 0 Å². The lowest BCUT2D eigenvalue weighted by Crippen LogP contribution is -2.25. The van der Waals surface area contributed by atoms with Gasteiger partial charge in [0.2, 0.25) is 0 Å². The minimum atomic E-state index is 0.301. The SMILES string of the molecule is ON=C1CCC(OCC2CCOc3ccccc32)CC1. The van der Waals surface area contributed by atoms with Crippen LogP contribution in [0.3, 0.4) is 0 Å². The summed E-state index contributed by atoms with van der Waals surface area (Å²) in [5, 5.41) is 12.1. The van der Waals surface area contributed by atoms with Crippen LogP contribution in [-0.4, -0.2) is 30.2 Å². The molecule has 1 aliphatic carbocycles. The summed E-state index contributed by atoms with van der Waals surface area (Å²) in [6.45, 7) is 1.54. The quantitative estimate of drug-likeness (QED) is 0.680. The molecule has 1 aromatic rings. The molecule has 1 atom stereocenters. The molecule has 1 heterocycles. The Balaban J connectivity index is 1.55. The smallest absolute Gasteiger partial charge is 0.122 e. The number of nitrogens with zero attached hydrogens (tertiary/aromatic N) is 1. The Kier molecular flexibility index (Phi) is 4.21. The van der Waals surface area contributed by atoms with Crippen molar-refractivity contribution < 1.29 is 14.7 Å². The van der Waals surface area contributed by atoms with E-state index in [1.165, 1.54) is 5.56 Å². The summed E-state index contributed by atoms with van der Waals surface area (Å²) < 4.78 is 11.8. The lowest BCUT2D eigenvalue weighted by Gasteiger charge is -2.29. The summed E-state index contributed by atoms with van der Waals surface area (Å²) in [6.07, 6.45) is 4.95. The molecule has 1 aromatic carbocycles. The van der Waals surface area contributed by atoms with E-state index < -0.39 is 0 Å². The van der Waals surface area contributed by atoms with Crippen LogP contribution < -0.4 is 4.74 Å². The van der Waals surface area contributed by atoms with Crippen LogP contribution >= 0.6 is 0 Å². The molecule has 1 saturated carbocycles. The number of para-hydroxylation sites is 1. The Labute approximate surface area is 119 Å². The maximum atomic E-state index is 8.75. The van der Waals surface area contributed by atoms with E-state index in [1.807, 2.05) is 12.1 Å². The second kappa shape index (κ2) is 6.27. The topological polar surface area (TPSA) is 51.1 Å². The van der Waals surface area contributed by atoms with Crippen molar-refractivity contribution in [1.29, 1.82) is 0 Å². The van der Waals surface area contributed by atoms with Crippen molar-refractivity contribution in [2.75, 3.05) is 13.2 Å². The van der Waals surface area contributed by atoms with Crippen LogP contribution in [0.5, 0.6) is 5.75 Å². The highest BCUT2D eigenvalue weighted by Crippen LogP contribution is 2.34. The Hall–Kier alpha value is -1.55. The fourth-order valence-corrected chi connectivity index (χ4v) is 3.03. The molecule has 3 rings (SSSR count). The van der Waals surface area contributed by atoms with Gasteiger partial charge in [-0.3, -0.25) is 0 Å². The molecule has 2 aliphatic rings. The maximum Gasteiger partial charge on any atom is 0.122 e. The van der Waals surface area contributed by atoms with E-state index in [2.05, 4.69) is 17.3 Å². The molecule has 0 saturated heterocycles. The van der Waals surface area contributed by atoms with E-state index in [1.54, 1.807) is 0 Å². The van der Waals surface area contributed by atoms with Gasteiger partial charge in [-0.25, -0.2) is 0 Å². The van der Waals surface area contributed by atoms with Gasteiger partial charge < -0.3 is 14.7 Å². The predicted molar refractivity (Wildman–Crippen MR) is 76.7 cm³/mol. The number of rotatable bonds is 3. The maximum absolute atomic E-state index is 8.75. The molecule has 20 heavy (non-hydrogen) atoms. The molecule has 1 unspecified atom stereocenters. The van der Waals surface area contributed by atoms with Gasteiger partial charge >= 0.3 is 0 Å². The molecule has 0 spiro atoms. The molecule has 0 bridgehead atoms. The van der Waals surface area contributed by atoms with Gasteiger partial charge in [0, 0.05) is 5.92 Å². The first-order chi connectivity index (χ1) is 9.86. The number of fused-ring (bicyclic) bond motifs is 1. The molecule has 4 heteroatoms.